The third-order valence-corrected chi connectivity index (χ3v) is 3.05. The molecule has 1 aromatic rings. The summed E-state index contributed by atoms with van der Waals surface area (Å²) in [5.41, 5.74) is 0. The Morgan fingerprint density at radius 2 is 2.00 bits per heavy atom. The molecule has 0 amide bonds. The molecule has 0 heterocycles. The Labute approximate surface area is 80.7 Å². The van der Waals surface area contributed by atoms with Crippen molar-refractivity contribution in [2.24, 2.45) is 0 Å². The minimum absolute atomic E-state index is 0.196. The minimum atomic E-state index is -1.23. The summed E-state index contributed by atoms with van der Waals surface area (Å²) < 4.78 is 25.0. The Balaban J connectivity index is 2.62. The fraction of sp³-hybridized carbons (Fsp3) is 0.333. The molecule has 1 unspecified atom stereocenters. The van der Waals surface area contributed by atoms with Crippen LogP contribution in [0, 0.1) is 0 Å². The molecule has 1 aromatic carbocycles. The second-order valence-corrected chi connectivity index (χ2v) is 4.20. The Morgan fingerprint density at radius 1 is 1.38 bits per heavy atom. The third-order valence-electron chi connectivity index (χ3n) is 1.63. The predicted molar refractivity (Wildman–Crippen MR) is 51.5 cm³/mol. The summed E-state index contributed by atoms with van der Waals surface area (Å²) >= 11 is -1.23. The van der Waals surface area contributed by atoms with Gasteiger partial charge in [-0.1, -0.05) is 18.2 Å². The van der Waals surface area contributed by atoms with E-state index >= 15 is 0 Å². The maximum atomic E-state index is 11.9. The molecule has 0 aliphatic rings. The Kier molecular flexibility index (Phi) is 4.21. The van der Waals surface area contributed by atoms with Crippen molar-refractivity contribution in [1.29, 1.82) is 0 Å². The van der Waals surface area contributed by atoms with Crippen LogP contribution in [0.25, 0.3) is 0 Å². The van der Waals surface area contributed by atoms with E-state index in [9.17, 15) is 8.94 Å². The summed E-state index contributed by atoms with van der Waals surface area (Å²) in [5, 5.41) is 0. The van der Waals surface area contributed by atoms with Gasteiger partial charge < -0.3 is 4.55 Å². The van der Waals surface area contributed by atoms with Gasteiger partial charge in [0.05, 0.1) is 17.9 Å². The molecule has 2 nitrogen and oxygen atoms in total. The minimum Gasteiger partial charge on any atom is -0.593 e. The lowest BCUT2D eigenvalue weighted by Gasteiger charge is -2.18. The standard InChI is InChI=1S/C9H12FNOS/c1-11(8-7-10)13(12)9-5-3-2-4-6-9/h2-6H,7-8H2,1H3. The maximum Gasteiger partial charge on any atom is 0.174 e. The highest BCUT2D eigenvalue weighted by atomic mass is 32.2. The molecule has 0 saturated heterocycles. The lowest BCUT2D eigenvalue weighted by atomic mass is 10.4. The van der Waals surface area contributed by atoms with Crippen LogP contribution in [0.15, 0.2) is 35.2 Å². The number of halogens is 1. The second-order valence-electron chi connectivity index (χ2n) is 2.60. The van der Waals surface area contributed by atoms with E-state index in [1.54, 1.807) is 19.2 Å². The van der Waals surface area contributed by atoms with Crippen LogP contribution in [0.5, 0.6) is 0 Å². The van der Waals surface area contributed by atoms with Gasteiger partial charge in [0.15, 0.2) is 4.90 Å². The third kappa shape index (κ3) is 2.99. The van der Waals surface area contributed by atoms with Crippen LogP contribution in [0.4, 0.5) is 4.39 Å². The highest BCUT2D eigenvalue weighted by Gasteiger charge is 2.16. The van der Waals surface area contributed by atoms with E-state index in [-0.39, 0.29) is 6.54 Å². The number of hydrogen-bond donors (Lipinski definition) is 0. The first-order valence-electron chi connectivity index (χ1n) is 3.99. The average Bonchev–Trinajstić information content (AvgIpc) is 2.18. The molecule has 0 N–H and O–H groups in total. The van der Waals surface area contributed by atoms with Crippen LogP contribution in [0.2, 0.25) is 0 Å². The molecule has 0 bridgehead atoms. The predicted octanol–water partition coefficient (Wildman–Crippen LogP) is 1.61. The van der Waals surface area contributed by atoms with E-state index in [0.717, 1.165) is 0 Å². The molecule has 0 saturated carbocycles. The van der Waals surface area contributed by atoms with Gasteiger partial charge in [-0.25, -0.2) is 4.39 Å². The van der Waals surface area contributed by atoms with Crippen LogP contribution in [0.3, 0.4) is 0 Å². The number of alkyl halides is 1. The summed E-state index contributed by atoms with van der Waals surface area (Å²) in [5.74, 6) is 0. The molecule has 1 atom stereocenters. The van der Waals surface area contributed by atoms with Crippen molar-refractivity contribution >= 4 is 11.4 Å². The summed E-state index contributed by atoms with van der Waals surface area (Å²) in [6, 6.07) is 9.03. The van der Waals surface area contributed by atoms with Gasteiger partial charge in [-0.05, 0) is 12.1 Å². The topological polar surface area (TPSA) is 26.3 Å². The quantitative estimate of drug-likeness (QED) is 0.692. The van der Waals surface area contributed by atoms with Crippen LogP contribution >= 0.6 is 0 Å². The van der Waals surface area contributed by atoms with E-state index in [4.69, 9.17) is 0 Å². The van der Waals surface area contributed by atoms with Gasteiger partial charge in [-0.2, -0.15) is 0 Å². The molecule has 1 rings (SSSR count). The van der Waals surface area contributed by atoms with E-state index in [1.807, 2.05) is 18.2 Å². The van der Waals surface area contributed by atoms with Crippen LogP contribution < -0.4 is 0 Å². The van der Waals surface area contributed by atoms with Crippen molar-refractivity contribution in [3.63, 3.8) is 0 Å². The first-order chi connectivity index (χ1) is 6.25. The Hall–Kier alpha value is -0.580. The molecule has 0 aromatic heterocycles. The highest BCUT2D eigenvalue weighted by molar-refractivity contribution is 7.89. The number of benzene rings is 1. The van der Waals surface area contributed by atoms with Gasteiger partial charge in [-0.3, -0.25) is 0 Å². The molecule has 0 aliphatic carbocycles. The average molecular weight is 201 g/mol. The van der Waals surface area contributed by atoms with Gasteiger partial charge in [0.2, 0.25) is 0 Å². The first-order valence-corrected chi connectivity index (χ1v) is 5.10. The van der Waals surface area contributed by atoms with Crippen molar-refractivity contribution in [2.75, 3.05) is 20.3 Å². The van der Waals surface area contributed by atoms with Crippen molar-refractivity contribution in [1.82, 2.24) is 4.31 Å². The zero-order valence-electron chi connectivity index (χ0n) is 7.44. The summed E-state index contributed by atoms with van der Waals surface area (Å²) in [4.78, 5) is 0.707. The zero-order chi connectivity index (χ0) is 9.68. The SMILES string of the molecule is CN(CCF)[S+]([O-])c1ccccc1. The normalized spacial score (nSPS) is 13.2. The lowest BCUT2D eigenvalue weighted by Crippen LogP contribution is -2.28. The molecule has 0 fully saturated rings. The van der Waals surface area contributed by atoms with E-state index < -0.39 is 18.0 Å². The van der Waals surface area contributed by atoms with Crippen LogP contribution in [-0.2, 0) is 11.4 Å². The monoisotopic (exact) mass is 201 g/mol. The fourth-order valence-corrected chi connectivity index (χ4v) is 1.90. The summed E-state index contributed by atoms with van der Waals surface area (Å²) in [6.45, 7) is -0.281. The molecule has 0 radical (unpaired) electrons. The molecule has 4 heteroatoms. The molecule has 0 spiro atoms. The number of hydrogen-bond acceptors (Lipinski definition) is 2. The lowest BCUT2D eigenvalue weighted by molar-refractivity contribution is 0.394. The van der Waals surface area contributed by atoms with Crippen molar-refractivity contribution in [2.45, 2.75) is 4.90 Å². The van der Waals surface area contributed by atoms with E-state index in [2.05, 4.69) is 0 Å². The van der Waals surface area contributed by atoms with Crippen LogP contribution in [-0.4, -0.2) is 29.1 Å². The molecule has 13 heavy (non-hydrogen) atoms. The highest BCUT2D eigenvalue weighted by Crippen LogP contribution is 2.12. The van der Waals surface area contributed by atoms with Gasteiger partial charge >= 0.3 is 0 Å². The first kappa shape index (κ1) is 10.5. The van der Waals surface area contributed by atoms with Gasteiger partial charge in [0.25, 0.3) is 0 Å². The number of nitrogens with zero attached hydrogens (tertiary/aromatic N) is 1. The summed E-state index contributed by atoms with van der Waals surface area (Å²) in [6.07, 6.45) is 0. The second kappa shape index (κ2) is 5.21. The van der Waals surface area contributed by atoms with Crippen molar-refractivity contribution in [3.8, 4) is 0 Å². The molecule has 0 aliphatic heterocycles. The Bertz CT molecular complexity index is 245. The van der Waals surface area contributed by atoms with Gasteiger partial charge in [-0.15, -0.1) is 4.31 Å². The smallest absolute Gasteiger partial charge is 0.174 e. The largest absolute Gasteiger partial charge is 0.593 e. The van der Waals surface area contributed by atoms with Crippen molar-refractivity contribution < 1.29 is 8.94 Å². The van der Waals surface area contributed by atoms with Gasteiger partial charge in [0.1, 0.15) is 6.67 Å². The maximum absolute atomic E-state index is 11.9. The summed E-state index contributed by atoms with van der Waals surface area (Å²) in [7, 11) is 1.64. The number of rotatable bonds is 4. The van der Waals surface area contributed by atoms with E-state index in [1.165, 1.54) is 4.31 Å². The van der Waals surface area contributed by atoms with Gasteiger partial charge in [0, 0.05) is 7.05 Å². The van der Waals surface area contributed by atoms with Crippen molar-refractivity contribution in [3.05, 3.63) is 30.3 Å². The van der Waals surface area contributed by atoms with Crippen LogP contribution in [0.1, 0.15) is 0 Å². The zero-order valence-corrected chi connectivity index (χ0v) is 8.26. The molecule has 72 valence electrons. The fourth-order valence-electron chi connectivity index (χ4n) is 0.919. The Morgan fingerprint density at radius 3 is 2.54 bits per heavy atom. The van der Waals surface area contributed by atoms with E-state index in [0.29, 0.717) is 4.90 Å². The molecular formula is C9H12FNOS. The molecular weight excluding hydrogens is 189 g/mol.